The highest BCUT2D eigenvalue weighted by Gasteiger charge is 2.41. The van der Waals surface area contributed by atoms with Crippen LogP contribution in [0.3, 0.4) is 0 Å². The third-order valence-corrected chi connectivity index (χ3v) is 3.93. The van der Waals surface area contributed by atoms with Crippen molar-refractivity contribution in [3.05, 3.63) is 29.8 Å². The average Bonchev–Trinajstić information content (AvgIpc) is 2.67. The molecule has 0 aromatic heterocycles. The van der Waals surface area contributed by atoms with Crippen LogP contribution in [0, 0.1) is 6.92 Å². The summed E-state index contributed by atoms with van der Waals surface area (Å²) in [4.78, 5) is 6.81. The van der Waals surface area contributed by atoms with Gasteiger partial charge in [-0.3, -0.25) is 4.99 Å². The highest BCUT2D eigenvalue weighted by molar-refractivity contribution is 5.98. The zero-order chi connectivity index (χ0) is 13.9. The molecule has 1 aromatic carbocycles. The van der Waals surface area contributed by atoms with E-state index in [4.69, 9.17) is 5.73 Å². The average molecular weight is 259 g/mol. The molecule has 2 rings (SSSR count). The maximum Gasteiger partial charge on any atom is 0.196 e. The molecule has 0 spiro atoms. The van der Waals surface area contributed by atoms with E-state index in [-0.39, 0.29) is 5.54 Å². The van der Waals surface area contributed by atoms with Gasteiger partial charge in [0.25, 0.3) is 0 Å². The normalized spacial score (nSPS) is 17.6. The van der Waals surface area contributed by atoms with Crippen molar-refractivity contribution in [1.82, 2.24) is 0 Å². The molecule has 1 aliphatic heterocycles. The molecule has 1 heterocycles. The summed E-state index contributed by atoms with van der Waals surface area (Å²) in [6, 6.07) is 8.56. The number of aryl methyl sites for hydroxylation is 1. The number of anilines is 1. The molecule has 3 nitrogen and oxygen atoms in total. The smallest absolute Gasteiger partial charge is 0.196 e. The fraction of sp³-hybridized carbons (Fsp3) is 0.562. The van der Waals surface area contributed by atoms with Gasteiger partial charge in [-0.25, -0.2) is 0 Å². The SMILES string of the molecule is CCCC1(CCC)CN=C(N)N1c1cccc(C)c1. The second-order valence-electron chi connectivity index (χ2n) is 5.57. The first-order chi connectivity index (χ1) is 9.13. The molecule has 1 aliphatic rings. The zero-order valence-electron chi connectivity index (χ0n) is 12.3. The van der Waals surface area contributed by atoms with E-state index in [0.29, 0.717) is 5.96 Å². The molecule has 0 saturated heterocycles. The lowest BCUT2D eigenvalue weighted by molar-refractivity contribution is 0.384. The van der Waals surface area contributed by atoms with E-state index < -0.39 is 0 Å². The third kappa shape index (κ3) is 2.60. The Morgan fingerprint density at radius 2 is 1.95 bits per heavy atom. The Bertz CT molecular complexity index is 459. The minimum atomic E-state index is 0.0847. The molecule has 0 radical (unpaired) electrons. The maximum atomic E-state index is 6.17. The number of benzene rings is 1. The summed E-state index contributed by atoms with van der Waals surface area (Å²) in [7, 11) is 0. The first-order valence-electron chi connectivity index (χ1n) is 7.30. The lowest BCUT2D eigenvalue weighted by atomic mass is 9.87. The quantitative estimate of drug-likeness (QED) is 0.879. The van der Waals surface area contributed by atoms with Crippen LogP contribution in [0.15, 0.2) is 29.3 Å². The van der Waals surface area contributed by atoms with Gasteiger partial charge in [0, 0.05) is 5.69 Å². The van der Waals surface area contributed by atoms with Crippen LogP contribution in [0.4, 0.5) is 5.69 Å². The molecular weight excluding hydrogens is 234 g/mol. The van der Waals surface area contributed by atoms with Crippen LogP contribution < -0.4 is 10.6 Å². The van der Waals surface area contributed by atoms with Gasteiger partial charge in [-0.2, -0.15) is 0 Å². The van der Waals surface area contributed by atoms with Crippen molar-refractivity contribution in [1.29, 1.82) is 0 Å². The van der Waals surface area contributed by atoms with Crippen LogP contribution in [-0.2, 0) is 0 Å². The highest BCUT2D eigenvalue weighted by atomic mass is 15.4. The van der Waals surface area contributed by atoms with Crippen molar-refractivity contribution in [3.63, 3.8) is 0 Å². The van der Waals surface area contributed by atoms with E-state index >= 15 is 0 Å². The Kier molecular flexibility index (Phi) is 4.13. The van der Waals surface area contributed by atoms with Crippen molar-refractivity contribution >= 4 is 11.6 Å². The van der Waals surface area contributed by atoms with Gasteiger partial charge in [-0.05, 0) is 37.5 Å². The van der Waals surface area contributed by atoms with Crippen LogP contribution in [0.2, 0.25) is 0 Å². The van der Waals surface area contributed by atoms with E-state index in [1.54, 1.807) is 0 Å². The minimum Gasteiger partial charge on any atom is -0.369 e. The first kappa shape index (κ1) is 13.9. The van der Waals surface area contributed by atoms with Gasteiger partial charge in [0.1, 0.15) is 0 Å². The number of hydrogen-bond donors (Lipinski definition) is 1. The van der Waals surface area contributed by atoms with Crippen molar-refractivity contribution in [3.8, 4) is 0 Å². The summed E-state index contributed by atoms with van der Waals surface area (Å²) in [5, 5.41) is 0. The predicted molar refractivity (Wildman–Crippen MR) is 82.7 cm³/mol. The largest absolute Gasteiger partial charge is 0.369 e. The standard InChI is InChI=1S/C16H25N3/c1-4-9-16(10-5-2)12-18-15(17)19(16)14-8-6-7-13(3)11-14/h6-8,11H,4-5,9-10,12H2,1-3H3,(H2,17,18). The molecule has 0 saturated carbocycles. The van der Waals surface area contributed by atoms with Crippen LogP contribution in [0.5, 0.6) is 0 Å². The fourth-order valence-electron chi connectivity index (χ4n) is 3.22. The second kappa shape index (κ2) is 5.64. The summed E-state index contributed by atoms with van der Waals surface area (Å²) in [6.45, 7) is 7.42. The molecule has 0 unspecified atom stereocenters. The van der Waals surface area contributed by atoms with Crippen LogP contribution in [0.25, 0.3) is 0 Å². The van der Waals surface area contributed by atoms with Gasteiger partial charge < -0.3 is 10.6 Å². The van der Waals surface area contributed by atoms with E-state index in [9.17, 15) is 0 Å². The van der Waals surface area contributed by atoms with Crippen LogP contribution in [-0.4, -0.2) is 18.0 Å². The van der Waals surface area contributed by atoms with E-state index in [1.165, 1.54) is 11.3 Å². The van der Waals surface area contributed by atoms with Crippen molar-refractivity contribution < 1.29 is 0 Å². The summed E-state index contributed by atoms with van der Waals surface area (Å²) in [5.41, 5.74) is 8.70. The number of nitrogens with zero attached hydrogens (tertiary/aromatic N) is 2. The monoisotopic (exact) mass is 259 g/mol. The van der Waals surface area contributed by atoms with Gasteiger partial charge in [-0.1, -0.05) is 38.8 Å². The fourth-order valence-corrected chi connectivity index (χ4v) is 3.22. The van der Waals surface area contributed by atoms with Crippen LogP contribution >= 0.6 is 0 Å². The number of rotatable bonds is 5. The first-order valence-corrected chi connectivity index (χ1v) is 7.30. The molecular formula is C16H25N3. The minimum absolute atomic E-state index is 0.0847. The molecule has 0 amide bonds. The molecule has 0 atom stereocenters. The summed E-state index contributed by atoms with van der Waals surface area (Å²) in [5.74, 6) is 0.674. The van der Waals surface area contributed by atoms with E-state index in [1.807, 2.05) is 0 Å². The summed E-state index contributed by atoms with van der Waals surface area (Å²) < 4.78 is 0. The van der Waals surface area contributed by atoms with Gasteiger partial charge in [-0.15, -0.1) is 0 Å². The van der Waals surface area contributed by atoms with Gasteiger partial charge in [0.05, 0.1) is 12.1 Å². The Morgan fingerprint density at radius 3 is 2.53 bits per heavy atom. The summed E-state index contributed by atoms with van der Waals surface area (Å²) >= 11 is 0. The molecule has 104 valence electrons. The molecule has 0 fully saturated rings. The number of hydrogen-bond acceptors (Lipinski definition) is 3. The predicted octanol–water partition coefficient (Wildman–Crippen LogP) is 3.47. The lowest BCUT2D eigenvalue weighted by Gasteiger charge is -2.39. The molecule has 3 heteroatoms. The topological polar surface area (TPSA) is 41.6 Å². The van der Waals surface area contributed by atoms with Crippen molar-refractivity contribution in [2.45, 2.75) is 52.0 Å². The van der Waals surface area contributed by atoms with E-state index in [0.717, 1.165) is 32.2 Å². The van der Waals surface area contributed by atoms with Gasteiger partial charge >= 0.3 is 0 Å². The third-order valence-electron chi connectivity index (χ3n) is 3.93. The van der Waals surface area contributed by atoms with Gasteiger partial charge in [0.2, 0.25) is 0 Å². The van der Waals surface area contributed by atoms with Crippen molar-refractivity contribution in [2.75, 3.05) is 11.4 Å². The molecule has 0 bridgehead atoms. The van der Waals surface area contributed by atoms with E-state index in [2.05, 4.69) is 54.9 Å². The highest BCUT2D eigenvalue weighted by Crippen LogP contribution is 2.36. The van der Waals surface area contributed by atoms with Crippen LogP contribution in [0.1, 0.15) is 45.1 Å². The Labute approximate surface area is 116 Å². The molecule has 0 aliphatic carbocycles. The number of guanidine groups is 1. The Morgan fingerprint density at radius 1 is 1.26 bits per heavy atom. The number of aliphatic imine (C=N–C) groups is 1. The number of nitrogens with two attached hydrogens (primary N) is 1. The second-order valence-corrected chi connectivity index (χ2v) is 5.57. The maximum absolute atomic E-state index is 6.17. The van der Waals surface area contributed by atoms with Gasteiger partial charge in [0.15, 0.2) is 5.96 Å². The molecule has 19 heavy (non-hydrogen) atoms. The van der Waals surface area contributed by atoms with Crippen molar-refractivity contribution in [2.24, 2.45) is 10.7 Å². The zero-order valence-corrected chi connectivity index (χ0v) is 12.3. The Hall–Kier alpha value is -1.51. The lowest BCUT2D eigenvalue weighted by Crippen LogP contribution is -2.52. The molecule has 1 aromatic rings. The summed E-state index contributed by atoms with van der Waals surface area (Å²) in [6.07, 6.45) is 4.59. The Balaban J connectivity index is 2.40. The molecule has 2 N–H and O–H groups in total.